The van der Waals surface area contributed by atoms with E-state index in [2.05, 4.69) is 12.1 Å². The van der Waals surface area contributed by atoms with E-state index in [4.69, 9.17) is 14.7 Å². The Balaban J connectivity index is 1.70. The second kappa shape index (κ2) is 7.19. The summed E-state index contributed by atoms with van der Waals surface area (Å²) in [5.41, 5.74) is 0.491. The topological polar surface area (TPSA) is 62.6 Å². The summed E-state index contributed by atoms with van der Waals surface area (Å²) >= 11 is 0. The number of nitrogens with zero attached hydrogens (tertiary/aromatic N) is 2. The zero-order chi connectivity index (χ0) is 18.8. The number of carbonyl (C=O) groups is 1. The average molecular weight is 356 g/mol. The standard InChI is InChI=1S/C21H28N2O3/c1-20(2,3)26-19(24)23-13-10-21(11-14-23)15-16(7-6-12-22)17-8-4-5-9-18(17)25-21/h4-5,8-9,16H,6-7,10-11,13-15H2,1-3H3. The Morgan fingerprint density at radius 2 is 2.04 bits per heavy atom. The van der Waals surface area contributed by atoms with Crippen LogP contribution in [0.1, 0.15) is 64.4 Å². The van der Waals surface area contributed by atoms with Crippen molar-refractivity contribution >= 4 is 6.09 Å². The van der Waals surface area contributed by atoms with Crippen LogP contribution in [-0.4, -0.2) is 35.3 Å². The maximum absolute atomic E-state index is 12.3. The van der Waals surface area contributed by atoms with Crippen molar-refractivity contribution in [2.45, 2.75) is 70.0 Å². The van der Waals surface area contributed by atoms with Crippen LogP contribution in [-0.2, 0) is 4.74 Å². The van der Waals surface area contributed by atoms with Crippen LogP contribution >= 0.6 is 0 Å². The fourth-order valence-corrected chi connectivity index (χ4v) is 3.97. The molecule has 3 rings (SSSR count). The van der Waals surface area contributed by atoms with Gasteiger partial charge in [-0.1, -0.05) is 18.2 Å². The second-order valence-corrected chi connectivity index (χ2v) is 8.39. The Bertz CT molecular complexity index is 694. The first-order chi connectivity index (χ1) is 12.3. The number of piperidine rings is 1. The van der Waals surface area contributed by atoms with E-state index in [1.165, 1.54) is 5.56 Å². The molecule has 1 spiro atoms. The molecule has 1 unspecified atom stereocenters. The lowest BCUT2D eigenvalue weighted by molar-refractivity contribution is -0.0328. The molecule has 1 amide bonds. The summed E-state index contributed by atoms with van der Waals surface area (Å²) in [5.74, 6) is 1.28. The van der Waals surface area contributed by atoms with E-state index in [1.807, 2.05) is 39.0 Å². The predicted octanol–water partition coefficient (Wildman–Crippen LogP) is 4.63. The van der Waals surface area contributed by atoms with E-state index in [-0.39, 0.29) is 11.7 Å². The van der Waals surface area contributed by atoms with Gasteiger partial charge in [-0.2, -0.15) is 5.26 Å². The van der Waals surface area contributed by atoms with Crippen LogP contribution in [0.25, 0.3) is 0 Å². The monoisotopic (exact) mass is 356 g/mol. The van der Waals surface area contributed by atoms with E-state index in [9.17, 15) is 4.79 Å². The average Bonchev–Trinajstić information content (AvgIpc) is 2.58. The van der Waals surface area contributed by atoms with E-state index in [0.717, 1.165) is 31.4 Å². The molecule has 5 nitrogen and oxygen atoms in total. The van der Waals surface area contributed by atoms with Crippen molar-refractivity contribution in [3.8, 4) is 11.8 Å². The van der Waals surface area contributed by atoms with Crippen molar-refractivity contribution in [3.63, 3.8) is 0 Å². The molecule has 0 aliphatic carbocycles. The third kappa shape index (κ3) is 4.12. The minimum Gasteiger partial charge on any atom is -0.487 e. The first-order valence-electron chi connectivity index (χ1n) is 9.45. The molecule has 2 aliphatic heterocycles. The van der Waals surface area contributed by atoms with Gasteiger partial charge in [-0.25, -0.2) is 4.79 Å². The molecule has 0 bridgehead atoms. The highest BCUT2D eigenvalue weighted by atomic mass is 16.6. The first kappa shape index (κ1) is 18.6. The van der Waals surface area contributed by atoms with Gasteiger partial charge in [-0.15, -0.1) is 0 Å². The van der Waals surface area contributed by atoms with Crippen molar-refractivity contribution in [2.24, 2.45) is 0 Å². The van der Waals surface area contributed by atoms with Crippen molar-refractivity contribution < 1.29 is 14.3 Å². The quantitative estimate of drug-likeness (QED) is 0.775. The van der Waals surface area contributed by atoms with Crippen LogP contribution in [0.2, 0.25) is 0 Å². The normalized spacial score (nSPS) is 21.5. The minimum atomic E-state index is -0.477. The molecule has 0 N–H and O–H groups in total. The van der Waals surface area contributed by atoms with Gasteiger partial charge in [0.1, 0.15) is 17.0 Å². The summed E-state index contributed by atoms with van der Waals surface area (Å²) in [4.78, 5) is 14.1. The molecule has 1 aromatic rings. The SMILES string of the molecule is CC(C)(C)OC(=O)N1CCC2(CC1)CC(CCC#N)c1ccccc1O2. The van der Waals surface area contributed by atoms with Crippen molar-refractivity contribution in [3.05, 3.63) is 29.8 Å². The van der Waals surface area contributed by atoms with Crippen LogP contribution in [0.5, 0.6) is 5.75 Å². The first-order valence-corrected chi connectivity index (χ1v) is 9.45. The van der Waals surface area contributed by atoms with Gasteiger partial charge >= 0.3 is 6.09 Å². The molecule has 1 atom stereocenters. The van der Waals surface area contributed by atoms with Crippen LogP contribution in [0.3, 0.4) is 0 Å². The third-order valence-electron chi connectivity index (χ3n) is 5.23. The van der Waals surface area contributed by atoms with Crippen LogP contribution in [0.4, 0.5) is 4.79 Å². The highest BCUT2D eigenvalue weighted by molar-refractivity contribution is 5.68. The van der Waals surface area contributed by atoms with Gasteiger partial charge in [0.25, 0.3) is 0 Å². The highest BCUT2D eigenvalue weighted by Gasteiger charge is 2.44. The molecule has 26 heavy (non-hydrogen) atoms. The number of hydrogen-bond acceptors (Lipinski definition) is 4. The van der Waals surface area contributed by atoms with Crippen molar-refractivity contribution in [1.29, 1.82) is 5.26 Å². The van der Waals surface area contributed by atoms with Gasteiger partial charge in [0.2, 0.25) is 0 Å². The molecule has 1 fully saturated rings. The number of nitriles is 1. The molecule has 1 saturated heterocycles. The van der Waals surface area contributed by atoms with E-state index >= 15 is 0 Å². The molecule has 2 heterocycles. The Kier molecular flexibility index (Phi) is 5.13. The number of benzene rings is 1. The zero-order valence-corrected chi connectivity index (χ0v) is 16.0. The molecule has 0 aromatic heterocycles. The van der Waals surface area contributed by atoms with Gasteiger partial charge in [-0.3, -0.25) is 0 Å². The zero-order valence-electron chi connectivity index (χ0n) is 16.0. The van der Waals surface area contributed by atoms with E-state index in [0.29, 0.717) is 25.4 Å². The maximum atomic E-state index is 12.3. The molecule has 2 aliphatic rings. The third-order valence-corrected chi connectivity index (χ3v) is 5.23. The van der Waals surface area contributed by atoms with Crippen LogP contribution in [0.15, 0.2) is 24.3 Å². The van der Waals surface area contributed by atoms with Gasteiger partial charge in [0.05, 0.1) is 6.07 Å². The smallest absolute Gasteiger partial charge is 0.410 e. The van der Waals surface area contributed by atoms with E-state index < -0.39 is 5.60 Å². The Morgan fingerprint density at radius 1 is 1.35 bits per heavy atom. The second-order valence-electron chi connectivity index (χ2n) is 8.39. The predicted molar refractivity (Wildman–Crippen MR) is 99.0 cm³/mol. The van der Waals surface area contributed by atoms with Gasteiger partial charge in [-0.05, 0) is 51.2 Å². The number of hydrogen-bond donors (Lipinski definition) is 0. The van der Waals surface area contributed by atoms with Crippen molar-refractivity contribution in [1.82, 2.24) is 4.90 Å². The Morgan fingerprint density at radius 3 is 2.69 bits per heavy atom. The van der Waals surface area contributed by atoms with Gasteiger partial charge in [0.15, 0.2) is 0 Å². The minimum absolute atomic E-state index is 0.243. The molecule has 1 aromatic carbocycles. The Labute approximate surface area is 155 Å². The fourth-order valence-electron chi connectivity index (χ4n) is 3.97. The molecular weight excluding hydrogens is 328 g/mol. The molecular formula is C21H28N2O3. The highest BCUT2D eigenvalue weighted by Crippen LogP contribution is 2.46. The molecule has 0 radical (unpaired) electrons. The largest absolute Gasteiger partial charge is 0.487 e. The van der Waals surface area contributed by atoms with Gasteiger partial charge < -0.3 is 14.4 Å². The number of rotatable bonds is 2. The van der Waals surface area contributed by atoms with Crippen molar-refractivity contribution in [2.75, 3.05) is 13.1 Å². The molecule has 140 valence electrons. The summed E-state index contributed by atoms with van der Waals surface area (Å²) in [5, 5.41) is 9.00. The van der Waals surface area contributed by atoms with Crippen LogP contribution < -0.4 is 4.74 Å². The van der Waals surface area contributed by atoms with Crippen LogP contribution in [0, 0.1) is 11.3 Å². The lowest BCUT2D eigenvalue weighted by Gasteiger charge is -2.47. The lowest BCUT2D eigenvalue weighted by atomic mass is 9.76. The number of ether oxygens (including phenoxy) is 2. The number of fused-ring (bicyclic) bond motifs is 1. The van der Waals surface area contributed by atoms with E-state index in [1.54, 1.807) is 4.90 Å². The lowest BCUT2D eigenvalue weighted by Crippen LogP contribution is -2.52. The summed E-state index contributed by atoms with van der Waals surface area (Å²) in [6.07, 6.45) is 3.67. The Hall–Kier alpha value is -2.22. The fraction of sp³-hybridized carbons (Fsp3) is 0.619. The number of carbonyl (C=O) groups excluding carboxylic acids is 1. The summed E-state index contributed by atoms with van der Waals surface area (Å²) in [6, 6.07) is 10.4. The number of amides is 1. The number of likely N-dealkylation sites (tertiary alicyclic amines) is 1. The van der Waals surface area contributed by atoms with Gasteiger partial charge in [0, 0.05) is 32.4 Å². The summed E-state index contributed by atoms with van der Waals surface area (Å²) in [6.45, 7) is 6.94. The molecule has 0 saturated carbocycles. The summed E-state index contributed by atoms with van der Waals surface area (Å²) in [7, 11) is 0. The number of para-hydroxylation sites is 1. The maximum Gasteiger partial charge on any atom is 0.410 e. The summed E-state index contributed by atoms with van der Waals surface area (Å²) < 4.78 is 11.9. The molecule has 5 heteroatoms.